The Labute approximate surface area is 121 Å². The lowest BCUT2D eigenvalue weighted by Crippen LogP contribution is -2.24. The summed E-state index contributed by atoms with van der Waals surface area (Å²) in [7, 11) is 0. The maximum atomic E-state index is 4.89. The van der Waals surface area contributed by atoms with Crippen LogP contribution in [0.1, 0.15) is 57.0 Å². The van der Waals surface area contributed by atoms with Crippen LogP contribution >= 0.6 is 11.3 Å². The maximum Gasteiger partial charge on any atom is 0.185 e. The molecule has 19 heavy (non-hydrogen) atoms. The summed E-state index contributed by atoms with van der Waals surface area (Å²) in [4.78, 5) is 8.79. The molecule has 0 saturated carbocycles. The van der Waals surface area contributed by atoms with Crippen molar-refractivity contribution in [2.75, 3.05) is 18.0 Å². The minimum absolute atomic E-state index is 0.590. The first kappa shape index (κ1) is 14.8. The maximum absolute atomic E-state index is 4.89. The highest BCUT2D eigenvalue weighted by Gasteiger charge is 2.18. The molecule has 2 heterocycles. The molecule has 108 valence electrons. The highest BCUT2D eigenvalue weighted by molar-refractivity contribution is 7.15. The van der Waals surface area contributed by atoms with E-state index in [1.165, 1.54) is 54.5 Å². The van der Waals surface area contributed by atoms with Gasteiger partial charge in [0.2, 0.25) is 0 Å². The van der Waals surface area contributed by atoms with E-state index >= 15 is 0 Å². The van der Waals surface area contributed by atoms with Crippen molar-refractivity contribution < 1.29 is 0 Å². The van der Waals surface area contributed by atoms with Crippen molar-refractivity contribution in [1.82, 2.24) is 10.3 Å². The van der Waals surface area contributed by atoms with Gasteiger partial charge in [-0.05, 0) is 32.6 Å². The summed E-state index contributed by atoms with van der Waals surface area (Å²) in [5.74, 6) is 0. The third-order valence-electron chi connectivity index (χ3n) is 3.85. The Hall–Kier alpha value is -0.610. The molecule has 1 fully saturated rings. The van der Waals surface area contributed by atoms with Gasteiger partial charge in [-0.25, -0.2) is 4.98 Å². The first-order valence-electron chi connectivity index (χ1n) is 7.71. The molecule has 4 heteroatoms. The van der Waals surface area contributed by atoms with Crippen LogP contribution in [0.4, 0.5) is 5.13 Å². The van der Waals surface area contributed by atoms with Crippen molar-refractivity contribution in [2.45, 2.75) is 65.5 Å². The molecule has 3 nitrogen and oxygen atoms in total. The quantitative estimate of drug-likeness (QED) is 0.828. The molecule has 2 rings (SSSR count). The molecule has 1 aromatic heterocycles. The molecule has 1 unspecified atom stereocenters. The number of aromatic nitrogens is 1. The molecule has 1 aliphatic rings. The van der Waals surface area contributed by atoms with Crippen LogP contribution in [0.5, 0.6) is 0 Å². The molecule has 1 saturated heterocycles. The van der Waals surface area contributed by atoms with Gasteiger partial charge in [0.15, 0.2) is 5.13 Å². The third-order valence-corrected chi connectivity index (χ3v) is 5.01. The van der Waals surface area contributed by atoms with E-state index < -0.39 is 0 Å². The number of anilines is 1. The van der Waals surface area contributed by atoms with Gasteiger partial charge >= 0.3 is 0 Å². The molecule has 0 spiro atoms. The van der Waals surface area contributed by atoms with Gasteiger partial charge in [0.05, 0.1) is 5.69 Å². The Morgan fingerprint density at radius 3 is 2.68 bits per heavy atom. The van der Waals surface area contributed by atoms with Gasteiger partial charge in [-0.2, -0.15) is 0 Å². The van der Waals surface area contributed by atoms with E-state index in [1.807, 2.05) is 11.3 Å². The van der Waals surface area contributed by atoms with E-state index in [2.05, 4.69) is 31.0 Å². The number of hydrogen-bond acceptors (Lipinski definition) is 4. The van der Waals surface area contributed by atoms with Gasteiger partial charge < -0.3 is 10.2 Å². The Morgan fingerprint density at radius 1 is 1.32 bits per heavy atom. The number of nitrogens with zero attached hydrogens (tertiary/aromatic N) is 2. The highest BCUT2D eigenvalue weighted by atomic mass is 32.1. The molecular formula is C15H27N3S. The van der Waals surface area contributed by atoms with Crippen molar-refractivity contribution in [3.05, 3.63) is 10.6 Å². The Morgan fingerprint density at radius 2 is 2.05 bits per heavy atom. The third kappa shape index (κ3) is 3.93. The lowest BCUT2D eigenvalue weighted by Gasteiger charge is -2.12. The number of rotatable bonds is 7. The fourth-order valence-corrected chi connectivity index (χ4v) is 3.50. The SMILES string of the molecule is CCCc1nc(N2CCCC2)sc1CNC(C)CC. The van der Waals surface area contributed by atoms with Gasteiger partial charge in [0.25, 0.3) is 0 Å². The summed E-state index contributed by atoms with van der Waals surface area (Å²) in [5, 5.41) is 4.85. The number of hydrogen-bond donors (Lipinski definition) is 1. The van der Waals surface area contributed by atoms with E-state index in [-0.39, 0.29) is 0 Å². The predicted octanol–water partition coefficient (Wildman–Crippen LogP) is 3.58. The Bertz CT molecular complexity index is 383. The first-order valence-corrected chi connectivity index (χ1v) is 8.53. The van der Waals surface area contributed by atoms with Crippen molar-refractivity contribution in [3.8, 4) is 0 Å². The van der Waals surface area contributed by atoms with Gasteiger partial charge in [-0.3, -0.25) is 0 Å². The smallest absolute Gasteiger partial charge is 0.185 e. The predicted molar refractivity (Wildman–Crippen MR) is 84.1 cm³/mol. The first-order chi connectivity index (χ1) is 9.24. The topological polar surface area (TPSA) is 28.2 Å². The number of aryl methyl sites for hydroxylation is 1. The van der Waals surface area contributed by atoms with Crippen molar-refractivity contribution in [1.29, 1.82) is 0 Å². The van der Waals surface area contributed by atoms with E-state index in [4.69, 9.17) is 4.98 Å². The zero-order chi connectivity index (χ0) is 13.7. The van der Waals surface area contributed by atoms with Crippen LogP contribution in [0.15, 0.2) is 0 Å². The van der Waals surface area contributed by atoms with Crippen LogP contribution in [0.3, 0.4) is 0 Å². The van der Waals surface area contributed by atoms with Crippen LogP contribution in [0.25, 0.3) is 0 Å². The second-order valence-corrected chi connectivity index (χ2v) is 6.56. The molecule has 0 radical (unpaired) electrons. The summed E-state index contributed by atoms with van der Waals surface area (Å²) in [6, 6.07) is 0.590. The minimum atomic E-state index is 0.590. The average Bonchev–Trinajstić information content (AvgIpc) is 3.05. The largest absolute Gasteiger partial charge is 0.348 e. The van der Waals surface area contributed by atoms with Crippen LogP contribution in [-0.2, 0) is 13.0 Å². The zero-order valence-corrected chi connectivity index (χ0v) is 13.4. The Balaban J connectivity index is 2.06. The van der Waals surface area contributed by atoms with Crippen molar-refractivity contribution in [3.63, 3.8) is 0 Å². The molecule has 0 aromatic carbocycles. The van der Waals surface area contributed by atoms with Crippen LogP contribution in [-0.4, -0.2) is 24.1 Å². The fourth-order valence-electron chi connectivity index (χ4n) is 2.39. The van der Waals surface area contributed by atoms with Crippen molar-refractivity contribution >= 4 is 16.5 Å². The van der Waals surface area contributed by atoms with Crippen molar-refractivity contribution in [2.24, 2.45) is 0 Å². The van der Waals surface area contributed by atoms with Crippen LogP contribution < -0.4 is 10.2 Å². The van der Waals surface area contributed by atoms with Gasteiger partial charge in [0.1, 0.15) is 0 Å². The fraction of sp³-hybridized carbons (Fsp3) is 0.800. The Kier molecular flexibility index (Phi) is 5.64. The number of thiazole rings is 1. The molecule has 0 amide bonds. The summed E-state index contributed by atoms with van der Waals surface area (Å²) < 4.78 is 0. The standard InChI is InChI=1S/C15H27N3S/c1-4-8-13-14(11-16-12(3)5-2)19-15(17-13)18-9-6-7-10-18/h12,16H,4-11H2,1-3H3. The molecule has 1 N–H and O–H groups in total. The molecule has 1 aromatic rings. The van der Waals surface area contributed by atoms with Crippen LogP contribution in [0, 0.1) is 0 Å². The lowest BCUT2D eigenvalue weighted by molar-refractivity contribution is 0.535. The van der Waals surface area contributed by atoms with Gasteiger partial charge in [-0.1, -0.05) is 20.3 Å². The number of nitrogens with one attached hydrogen (secondary N) is 1. The normalized spacial score (nSPS) is 17.1. The molecule has 1 atom stereocenters. The molecular weight excluding hydrogens is 254 g/mol. The average molecular weight is 281 g/mol. The molecule has 0 bridgehead atoms. The second kappa shape index (κ2) is 7.25. The summed E-state index contributed by atoms with van der Waals surface area (Å²) in [6.07, 6.45) is 6.12. The monoisotopic (exact) mass is 281 g/mol. The highest BCUT2D eigenvalue weighted by Crippen LogP contribution is 2.29. The van der Waals surface area contributed by atoms with E-state index in [0.29, 0.717) is 6.04 Å². The lowest BCUT2D eigenvalue weighted by atomic mass is 10.2. The minimum Gasteiger partial charge on any atom is -0.348 e. The molecule has 0 aliphatic carbocycles. The molecule has 1 aliphatic heterocycles. The van der Waals surface area contributed by atoms with E-state index in [0.717, 1.165) is 13.0 Å². The van der Waals surface area contributed by atoms with Gasteiger partial charge in [-0.15, -0.1) is 11.3 Å². The summed E-state index contributed by atoms with van der Waals surface area (Å²) in [6.45, 7) is 10.1. The van der Waals surface area contributed by atoms with E-state index in [9.17, 15) is 0 Å². The summed E-state index contributed by atoms with van der Waals surface area (Å²) in [5.41, 5.74) is 1.32. The van der Waals surface area contributed by atoms with Gasteiger partial charge in [0, 0.05) is 30.6 Å². The van der Waals surface area contributed by atoms with Crippen LogP contribution in [0.2, 0.25) is 0 Å². The zero-order valence-electron chi connectivity index (χ0n) is 12.5. The van der Waals surface area contributed by atoms with E-state index in [1.54, 1.807) is 0 Å². The second-order valence-electron chi connectivity index (χ2n) is 5.50. The summed E-state index contributed by atoms with van der Waals surface area (Å²) >= 11 is 1.90.